The first-order chi connectivity index (χ1) is 7.36. The summed E-state index contributed by atoms with van der Waals surface area (Å²) in [5.74, 6) is -2.76. The minimum absolute atomic E-state index is 0.540. The van der Waals surface area contributed by atoms with Crippen molar-refractivity contribution in [2.24, 2.45) is 0 Å². The summed E-state index contributed by atoms with van der Waals surface area (Å²) in [7, 11) is 0. The molecule has 2 aliphatic heterocycles. The van der Waals surface area contributed by atoms with Gasteiger partial charge in [0.05, 0.1) is 0 Å². The average molecular weight is 240 g/mol. The predicted molar refractivity (Wildman–Crippen MR) is 51.1 cm³/mol. The van der Waals surface area contributed by atoms with E-state index in [1.807, 2.05) is 0 Å². The smallest absolute Gasteiger partial charge is 0.475 e. The van der Waals surface area contributed by atoms with Gasteiger partial charge in [0.1, 0.15) is 0 Å². The van der Waals surface area contributed by atoms with Crippen molar-refractivity contribution >= 4 is 5.97 Å². The molecule has 2 aliphatic rings. The number of aliphatic carboxylic acids is 1. The number of piperidine rings is 1. The molecule has 0 aromatic carbocycles. The Morgan fingerprint density at radius 2 is 1.81 bits per heavy atom. The van der Waals surface area contributed by atoms with Crippen molar-refractivity contribution < 1.29 is 23.1 Å². The van der Waals surface area contributed by atoms with E-state index in [4.69, 9.17) is 9.90 Å². The monoisotopic (exact) mass is 240 g/mol. The molecule has 3 N–H and O–H groups in total. The van der Waals surface area contributed by atoms with Crippen LogP contribution in [-0.4, -0.2) is 42.4 Å². The summed E-state index contributed by atoms with van der Waals surface area (Å²) < 4.78 is 31.7. The van der Waals surface area contributed by atoms with Crippen molar-refractivity contribution in [2.75, 3.05) is 19.6 Å². The molecule has 2 fully saturated rings. The number of halogens is 3. The maximum absolute atomic E-state index is 10.6. The molecule has 0 aliphatic carbocycles. The normalized spacial score (nSPS) is 22.9. The highest BCUT2D eigenvalue weighted by Gasteiger charge is 2.38. The van der Waals surface area contributed by atoms with Gasteiger partial charge in [-0.3, -0.25) is 0 Å². The number of hydrogen-bond acceptors (Lipinski definition) is 3. The van der Waals surface area contributed by atoms with E-state index in [1.165, 1.54) is 38.9 Å². The molecule has 2 saturated heterocycles. The molecule has 0 atom stereocenters. The topological polar surface area (TPSA) is 61.4 Å². The van der Waals surface area contributed by atoms with E-state index in [0.29, 0.717) is 5.54 Å². The largest absolute Gasteiger partial charge is 0.490 e. The van der Waals surface area contributed by atoms with Crippen LogP contribution in [0, 0.1) is 0 Å². The molecule has 0 amide bonds. The van der Waals surface area contributed by atoms with Gasteiger partial charge in [-0.1, -0.05) is 6.42 Å². The van der Waals surface area contributed by atoms with Crippen LogP contribution in [0.2, 0.25) is 0 Å². The molecule has 2 heterocycles. The van der Waals surface area contributed by atoms with Crippen LogP contribution < -0.4 is 10.6 Å². The first-order valence-electron chi connectivity index (χ1n) is 5.12. The third-order valence-electron chi connectivity index (χ3n) is 2.75. The standard InChI is InChI=1S/C7H14N2.C2HF3O2/c1-2-4-9-7(3-1)5-8-6-7;3-2(4,5)1(6)7/h8-9H,1-6H2;(H,6,7). The third kappa shape index (κ3) is 3.64. The number of rotatable bonds is 0. The number of carboxylic acids is 1. The lowest BCUT2D eigenvalue weighted by atomic mass is 9.84. The Morgan fingerprint density at radius 1 is 1.25 bits per heavy atom. The molecule has 0 radical (unpaired) electrons. The van der Waals surface area contributed by atoms with E-state index < -0.39 is 12.1 Å². The second-order valence-electron chi connectivity index (χ2n) is 4.07. The van der Waals surface area contributed by atoms with E-state index >= 15 is 0 Å². The van der Waals surface area contributed by atoms with Crippen LogP contribution >= 0.6 is 0 Å². The Kier molecular flexibility index (Phi) is 4.15. The fourth-order valence-corrected chi connectivity index (χ4v) is 1.76. The van der Waals surface area contributed by atoms with Crippen molar-refractivity contribution in [3.05, 3.63) is 0 Å². The molecule has 0 saturated carbocycles. The highest BCUT2D eigenvalue weighted by Crippen LogP contribution is 2.22. The van der Waals surface area contributed by atoms with Crippen molar-refractivity contribution in [1.82, 2.24) is 10.6 Å². The Morgan fingerprint density at radius 3 is 2.00 bits per heavy atom. The molecule has 0 aromatic rings. The maximum Gasteiger partial charge on any atom is 0.490 e. The zero-order valence-corrected chi connectivity index (χ0v) is 8.73. The summed E-state index contributed by atoms with van der Waals surface area (Å²) >= 11 is 0. The van der Waals surface area contributed by atoms with Crippen molar-refractivity contribution in [3.8, 4) is 0 Å². The Bertz CT molecular complexity index is 244. The second kappa shape index (κ2) is 5.01. The van der Waals surface area contributed by atoms with Crippen LogP contribution in [0.25, 0.3) is 0 Å². The Labute approximate surface area is 91.2 Å². The van der Waals surface area contributed by atoms with Gasteiger partial charge >= 0.3 is 12.1 Å². The van der Waals surface area contributed by atoms with Crippen LogP contribution in [0.1, 0.15) is 19.3 Å². The lowest BCUT2D eigenvalue weighted by Gasteiger charge is -2.46. The van der Waals surface area contributed by atoms with Gasteiger partial charge in [-0.2, -0.15) is 13.2 Å². The van der Waals surface area contributed by atoms with Crippen LogP contribution in [0.3, 0.4) is 0 Å². The lowest BCUT2D eigenvalue weighted by Crippen LogP contribution is -2.68. The maximum atomic E-state index is 10.6. The van der Waals surface area contributed by atoms with Gasteiger partial charge in [0.25, 0.3) is 0 Å². The number of carboxylic acid groups (broad SMARTS) is 1. The SMILES string of the molecule is C1CCC2(CNC2)NC1.O=C(O)C(F)(F)F. The summed E-state index contributed by atoms with van der Waals surface area (Å²) in [5, 5.41) is 14.0. The van der Waals surface area contributed by atoms with Gasteiger partial charge < -0.3 is 15.7 Å². The van der Waals surface area contributed by atoms with Gasteiger partial charge in [-0.05, 0) is 19.4 Å². The number of nitrogens with one attached hydrogen (secondary N) is 2. The second-order valence-corrected chi connectivity index (χ2v) is 4.07. The van der Waals surface area contributed by atoms with Crippen molar-refractivity contribution in [1.29, 1.82) is 0 Å². The minimum Gasteiger partial charge on any atom is -0.475 e. The zero-order chi connectivity index (χ0) is 12.2. The zero-order valence-electron chi connectivity index (χ0n) is 8.73. The van der Waals surface area contributed by atoms with Crippen LogP contribution in [-0.2, 0) is 4.79 Å². The number of alkyl halides is 3. The fourth-order valence-electron chi connectivity index (χ4n) is 1.76. The van der Waals surface area contributed by atoms with Gasteiger partial charge in [-0.25, -0.2) is 4.79 Å². The van der Waals surface area contributed by atoms with Crippen LogP contribution in [0.15, 0.2) is 0 Å². The summed E-state index contributed by atoms with van der Waals surface area (Å²) in [6.07, 6.45) is -0.892. The molecule has 7 heteroatoms. The molecule has 1 spiro atoms. The predicted octanol–water partition coefficient (Wildman–Crippen LogP) is 0.735. The first kappa shape index (κ1) is 13.2. The molecular formula is C9H15F3N2O2. The third-order valence-corrected chi connectivity index (χ3v) is 2.75. The van der Waals surface area contributed by atoms with Crippen molar-refractivity contribution in [3.63, 3.8) is 0 Å². The summed E-state index contributed by atoms with van der Waals surface area (Å²) in [6.45, 7) is 3.64. The van der Waals surface area contributed by atoms with E-state index in [1.54, 1.807) is 0 Å². The van der Waals surface area contributed by atoms with Crippen molar-refractivity contribution in [2.45, 2.75) is 31.0 Å². The fraction of sp³-hybridized carbons (Fsp3) is 0.889. The van der Waals surface area contributed by atoms with E-state index in [9.17, 15) is 13.2 Å². The van der Waals surface area contributed by atoms with E-state index in [2.05, 4.69) is 10.6 Å². The summed E-state index contributed by atoms with van der Waals surface area (Å²) in [6, 6.07) is 0. The minimum atomic E-state index is -5.08. The number of hydrogen-bond donors (Lipinski definition) is 3. The van der Waals surface area contributed by atoms with Crippen LogP contribution in [0.4, 0.5) is 13.2 Å². The van der Waals surface area contributed by atoms with Gasteiger partial charge in [0.15, 0.2) is 0 Å². The molecule has 0 bridgehead atoms. The van der Waals surface area contributed by atoms with Gasteiger partial charge in [-0.15, -0.1) is 0 Å². The average Bonchev–Trinajstić information content (AvgIpc) is 2.16. The van der Waals surface area contributed by atoms with E-state index in [0.717, 1.165) is 0 Å². The highest BCUT2D eigenvalue weighted by atomic mass is 19.4. The van der Waals surface area contributed by atoms with Crippen LogP contribution in [0.5, 0.6) is 0 Å². The molecule has 2 rings (SSSR count). The van der Waals surface area contributed by atoms with E-state index in [-0.39, 0.29) is 0 Å². The Balaban J connectivity index is 0.000000168. The quantitative estimate of drug-likeness (QED) is 0.584. The summed E-state index contributed by atoms with van der Waals surface area (Å²) in [4.78, 5) is 8.90. The molecule has 0 aromatic heterocycles. The number of carbonyl (C=O) groups is 1. The summed E-state index contributed by atoms with van der Waals surface area (Å²) in [5.41, 5.74) is 0.540. The highest BCUT2D eigenvalue weighted by molar-refractivity contribution is 5.73. The lowest BCUT2D eigenvalue weighted by molar-refractivity contribution is -0.192. The molecule has 0 unspecified atom stereocenters. The molecule has 4 nitrogen and oxygen atoms in total. The first-order valence-corrected chi connectivity index (χ1v) is 5.12. The van der Waals surface area contributed by atoms with Gasteiger partial charge in [0.2, 0.25) is 0 Å². The molecule has 16 heavy (non-hydrogen) atoms. The van der Waals surface area contributed by atoms with Gasteiger partial charge in [0, 0.05) is 18.6 Å². The Hall–Kier alpha value is -0.820. The molecule has 94 valence electrons. The molecular weight excluding hydrogens is 225 g/mol.